The topological polar surface area (TPSA) is 66.5 Å². The summed E-state index contributed by atoms with van der Waals surface area (Å²) in [6, 6.07) is 15.5. The van der Waals surface area contributed by atoms with Crippen LogP contribution < -0.4 is 9.62 Å². The van der Waals surface area contributed by atoms with Crippen LogP contribution in [0.1, 0.15) is 5.56 Å². The van der Waals surface area contributed by atoms with Gasteiger partial charge in [0, 0.05) is 0 Å². The molecule has 0 unspecified atom stereocenters. The fraction of sp³-hybridized carbons (Fsp3) is 0.0952. The zero-order valence-electron chi connectivity index (χ0n) is 16.1. The number of nitrogens with zero attached hydrogens (tertiary/aromatic N) is 1. The lowest BCUT2D eigenvalue weighted by atomic mass is 10.2. The third kappa shape index (κ3) is 5.27. The Balaban J connectivity index is 2.02. The number of hydrogen-bond donors (Lipinski definition) is 1. The van der Waals surface area contributed by atoms with Gasteiger partial charge in [0.1, 0.15) is 6.54 Å². The van der Waals surface area contributed by atoms with Crippen LogP contribution in [-0.2, 0) is 14.8 Å². The first-order valence-electron chi connectivity index (χ1n) is 8.88. The second-order valence-electron chi connectivity index (χ2n) is 6.55. The molecule has 5 nitrogen and oxygen atoms in total. The highest BCUT2D eigenvalue weighted by atomic mass is 35.5. The molecule has 0 atom stereocenters. The molecule has 10 heteroatoms. The second-order valence-corrected chi connectivity index (χ2v) is 9.98. The number of rotatable bonds is 6. The highest BCUT2D eigenvalue weighted by molar-refractivity contribution is 7.92. The number of nitrogens with one attached hydrogen (secondary N) is 1. The number of anilines is 2. The Morgan fingerprint density at radius 3 is 2.10 bits per heavy atom. The van der Waals surface area contributed by atoms with E-state index in [9.17, 15) is 13.2 Å². The number of aryl methyl sites for hydroxylation is 1. The van der Waals surface area contributed by atoms with Crippen LogP contribution >= 0.6 is 46.4 Å². The van der Waals surface area contributed by atoms with Crippen molar-refractivity contribution in [2.24, 2.45) is 0 Å². The van der Waals surface area contributed by atoms with Crippen molar-refractivity contribution in [2.45, 2.75) is 11.8 Å². The molecule has 162 valence electrons. The van der Waals surface area contributed by atoms with Gasteiger partial charge in [-0.1, -0.05) is 76.2 Å². The minimum atomic E-state index is -4.15. The monoisotopic (exact) mass is 516 g/mol. The van der Waals surface area contributed by atoms with Gasteiger partial charge in [-0.25, -0.2) is 8.42 Å². The van der Waals surface area contributed by atoms with Crippen molar-refractivity contribution < 1.29 is 13.2 Å². The molecule has 0 aliphatic heterocycles. The van der Waals surface area contributed by atoms with Crippen molar-refractivity contribution in [2.75, 3.05) is 16.2 Å². The van der Waals surface area contributed by atoms with E-state index in [1.54, 1.807) is 36.4 Å². The highest BCUT2D eigenvalue weighted by Crippen LogP contribution is 2.36. The maximum atomic E-state index is 13.4. The molecule has 1 N–H and O–H groups in total. The Labute approximate surface area is 200 Å². The Kier molecular flexibility index (Phi) is 7.39. The van der Waals surface area contributed by atoms with Gasteiger partial charge in [0.2, 0.25) is 5.91 Å². The van der Waals surface area contributed by atoms with E-state index in [0.717, 1.165) is 9.87 Å². The Hall–Kier alpha value is -1.96. The van der Waals surface area contributed by atoms with Gasteiger partial charge in [-0.2, -0.15) is 0 Å². The summed E-state index contributed by atoms with van der Waals surface area (Å²) < 4.78 is 27.7. The van der Waals surface area contributed by atoms with E-state index in [-0.39, 0.29) is 36.4 Å². The van der Waals surface area contributed by atoms with Crippen molar-refractivity contribution in [1.82, 2.24) is 0 Å². The van der Waals surface area contributed by atoms with Crippen LogP contribution in [0.5, 0.6) is 0 Å². The fourth-order valence-corrected chi connectivity index (χ4v) is 4.97. The zero-order valence-corrected chi connectivity index (χ0v) is 19.9. The predicted molar refractivity (Wildman–Crippen MR) is 127 cm³/mol. The molecule has 3 rings (SSSR count). The van der Waals surface area contributed by atoms with Crippen LogP contribution in [-0.4, -0.2) is 20.9 Å². The van der Waals surface area contributed by atoms with Crippen LogP contribution in [0.2, 0.25) is 20.1 Å². The summed E-state index contributed by atoms with van der Waals surface area (Å²) >= 11 is 24.5. The quantitative estimate of drug-likeness (QED) is 0.409. The summed E-state index contributed by atoms with van der Waals surface area (Å²) in [5.74, 6) is -0.643. The van der Waals surface area contributed by atoms with Crippen LogP contribution in [0.3, 0.4) is 0 Å². The van der Waals surface area contributed by atoms with E-state index in [2.05, 4.69) is 5.32 Å². The van der Waals surface area contributed by atoms with E-state index in [0.29, 0.717) is 0 Å². The molecular weight excluding hydrogens is 502 g/mol. The van der Waals surface area contributed by atoms with Crippen molar-refractivity contribution in [3.8, 4) is 0 Å². The standard InChI is InChI=1S/C21H16Cl4N2O3S/c1-13-8-10-14(11-9-13)31(29,30)27(18-7-3-5-16(23)21(18)25)12-19(28)26-17-6-2-4-15(22)20(17)24/h2-11H,12H2,1H3,(H,26,28). The average Bonchev–Trinajstić information content (AvgIpc) is 2.72. The van der Waals surface area contributed by atoms with E-state index in [4.69, 9.17) is 46.4 Å². The van der Waals surface area contributed by atoms with Gasteiger partial charge in [0.25, 0.3) is 10.0 Å². The molecule has 0 aromatic heterocycles. The first kappa shape index (κ1) is 23.7. The largest absolute Gasteiger partial charge is 0.323 e. The normalized spacial score (nSPS) is 11.3. The Morgan fingerprint density at radius 1 is 0.871 bits per heavy atom. The number of halogens is 4. The molecule has 3 aromatic carbocycles. The van der Waals surface area contributed by atoms with E-state index in [1.807, 2.05) is 6.92 Å². The van der Waals surface area contributed by atoms with E-state index >= 15 is 0 Å². The zero-order chi connectivity index (χ0) is 22.8. The molecule has 0 heterocycles. The molecule has 0 saturated carbocycles. The van der Waals surface area contributed by atoms with Crippen molar-refractivity contribution in [1.29, 1.82) is 0 Å². The smallest absolute Gasteiger partial charge is 0.264 e. The van der Waals surface area contributed by atoms with Crippen LogP contribution in [0, 0.1) is 6.92 Å². The highest BCUT2D eigenvalue weighted by Gasteiger charge is 2.29. The summed E-state index contributed by atoms with van der Waals surface area (Å²) in [7, 11) is -4.15. The fourth-order valence-electron chi connectivity index (χ4n) is 2.74. The van der Waals surface area contributed by atoms with E-state index in [1.165, 1.54) is 24.3 Å². The summed E-state index contributed by atoms with van der Waals surface area (Å²) in [4.78, 5) is 12.8. The van der Waals surface area contributed by atoms with Crippen molar-refractivity contribution in [3.05, 3.63) is 86.3 Å². The van der Waals surface area contributed by atoms with Gasteiger partial charge in [-0.3, -0.25) is 9.10 Å². The van der Waals surface area contributed by atoms with Crippen molar-refractivity contribution >= 4 is 73.7 Å². The molecular formula is C21H16Cl4N2O3S. The minimum Gasteiger partial charge on any atom is -0.323 e. The molecule has 3 aromatic rings. The lowest BCUT2D eigenvalue weighted by molar-refractivity contribution is -0.114. The van der Waals surface area contributed by atoms with Crippen LogP contribution in [0.15, 0.2) is 65.6 Å². The molecule has 0 radical (unpaired) electrons. The number of hydrogen-bond acceptors (Lipinski definition) is 3. The number of carbonyl (C=O) groups is 1. The Bertz CT molecular complexity index is 1230. The molecule has 0 spiro atoms. The SMILES string of the molecule is Cc1ccc(S(=O)(=O)N(CC(=O)Nc2cccc(Cl)c2Cl)c2cccc(Cl)c2Cl)cc1. The molecule has 1 amide bonds. The first-order chi connectivity index (χ1) is 14.6. The number of benzene rings is 3. The minimum absolute atomic E-state index is 0.00253. The second kappa shape index (κ2) is 9.67. The lowest BCUT2D eigenvalue weighted by Gasteiger charge is -2.25. The van der Waals surface area contributed by atoms with Gasteiger partial charge in [-0.05, 0) is 43.3 Å². The van der Waals surface area contributed by atoms with E-state index < -0.39 is 22.5 Å². The van der Waals surface area contributed by atoms with Gasteiger partial charge in [0.05, 0.1) is 36.4 Å². The average molecular weight is 518 g/mol. The summed E-state index contributed by atoms with van der Waals surface area (Å²) in [6.45, 7) is 1.27. The molecule has 0 saturated heterocycles. The Morgan fingerprint density at radius 2 is 1.45 bits per heavy atom. The maximum Gasteiger partial charge on any atom is 0.264 e. The van der Waals surface area contributed by atoms with Gasteiger partial charge in [-0.15, -0.1) is 0 Å². The van der Waals surface area contributed by atoms with Crippen LogP contribution in [0.4, 0.5) is 11.4 Å². The van der Waals surface area contributed by atoms with Gasteiger partial charge < -0.3 is 5.32 Å². The third-order valence-corrected chi connectivity index (χ3v) is 7.72. The first-order valence-corrected chi connectivity index (χ1v) is 11.8. The third-order valence-electron chi connectivity index (χ3n) is 4.32. The molecule has 0 fully saturated rings. The number of carbonyl (C=O) groups excluding carboxylic acids is 1. The summed E-state index contributed by atoms with van der Waals surface area (Å²) in [5, 5.41) is 3.14. The summed E-state index contributed by atoms with van der Waals surface area (Å²) in [6.07, 6.45) is 0. The number of amides is 1. The molecule has 31 heavy (non-hydrogen) atoms. The maximum absolute atomic E-state index is 13.4. The van der Waals surface area contributed by atoms with Gasteiger partial charge >= 0.3 is 0 Å². The molecule has 0 aliphatic carbocycles. The van der Waals surface area contributed by atoms with Gasteiger partial charge in [0.15, 0.2) is 0 Å². The van der Waals surface area contributed by atoms with Crippen LogP contribution in [0.25, 0.3) is 0 Å². The lowest BCUT2D eigenvalue weighted by Crippen LogP contribution is -2.38. The number of sulfonamides is 1. The van der Waals surface area contributed by atoms with Crippen molar-refractivity contribution in [3.63, 3.8) is 0 Å². The summed E-state index contributed by atoms with van der Waals surface area (Å²) in [5.41, 5.74) is 1.21. The molecule has 0 aliphatic rings. The molecule has 0 bridgehead atoms. The predicted octanol–water partition coefficient (Wildman–Crippen LogP) is 6.44.